The van der Waals surface area contributed by atoms with Gasteiger partial charge in [0.2, 0.25) is 0 Å². The topological polar surface area (TPSA) is 81.5 Å². The number of fused-ring (bicyclic) bond motifs is 3. The Balaban J connectivity index is 1.75. The number of carbonyl (C=O) groups excluding carboxylic acids is 1. The van der Waals surface area contributed by atoms with Gasteiger partial charge in [0.25, 0.3) is 5.69 Å². The highest BCUT2D eigenvalue weighted by atomic mass is 16.6. The van der Waals surface area contributed by atoms with Crippen molar-refractivity contribution in [2.45, 2.75) is 18.4 Å². The summed E-state index contributed by atoms with van der Waals surface area (Å²) in [7, 11) is 1.35. The van der Waals surface area contributed by atoms with Crippen LogP contribution < -0.4 is 5.32 Å². The van der Waals surface area contributed by atoms with Crippen LogP contribution in [0.3, 0.4) is 0 Å². The van der Waals surface area contributed by atoms with Crippen molar-refractivity contribution in [1.82, 2.24) is 0 Å². The summed E-state index contributed by atoms with van der Waals surface area (Å²) in [5.74, 6) is 0.0551. The van der Waals surface area contributed by atoms with Crippen molar-refractivity contribution in [1.29, 1.82) is 0 Å². The van der Waals surface area contributed by atoms with E-state index in [2.05, 4.69) is 17.5 Å². The van der Waals surface area contributed by atoms with Gasteiger partial charge in [-0.2, -0.15) is 0 Å². The van der Waals surface area contributed by atoms with Crippen molar-refractivity contribution in [2.75, 3.05) is 12.4 Å². The van der Waals surface area contributed by atoms with E-state index in [1.165, 1.54) is 13.2 Å². The summed E-state index contributed by atoms with van der Waals surface area (Å²) in [4.78, 5) is 22.8. The van der Waals surface area contributed by atoms with E-state index in [1.54, 1.807) is 18.2 Å². The van der Waals surface area contributed by atoms with Crippen molar-refractivity contribution in [3.05, 3.63) is 81.4 Å². The predicted molar refractivity (Wildman–Crippen MR) is 97.2 cm³/mol. The number of nitro benzene ring substituents is 1. The van der Waals surface area contributed by atoms with Gasteiger partial charge in [0.15, 0.2) is 0 Å². The van der Waals surface area contributed by atoms with Crippen molar-refractivity contribution in [3.8, 4) is 0 Å². The second-order valence-electron chi connectivity index (χ2n) is 6.59. The quantitative estimate of drug-likeness (QED) is 0.388. The Morgan fingerprint density at radius 3 is 2.69 bits per heavy atom. The molecule has 0 amide bonds. The Labute approximate surface area is 150 Å². The number of nitro groups is 1. The second-order valence-corrected chi connectivity index (χ2v) is 6.59. The monoisotopic (exact) mass is 350 g/mol. The van der Waals surface area contributed by atoms with E-state index >= 15 is 0 Å². The first-order chi connectivity index (χ1) is 12.6. The molecule has 6 nitrogen and oxygen atoms in total. The normalized spacial score (nSPS) is 22.9. The number of nitrogens with one attached hydrogen (secondary N) is 1. The lowest BCUT2D eigenvalue weighted by molar-refractivity contribution is -0.384. The number of esters is 1. The molecule has 6 heteroatoms. The third kappa shape index (κ3) is 2.54. The molecule has 1 unspecified atom stereocenters. The van der Waals surface area contributed by atoms with Crippen LogP contribution in [0.5, 0.6) is 0 Å². The van der Waals surface area contributed by atoms with E-state index in [0.29, 0.717) is 11.3 Å². The van der Waals surface area contributed by atoms with Crippen molar-refractivity contribution >= 4 is 17.3 Å². The fraction of sp³-hybridized carbons (Fsp3) is 0.250. The van der Waals surface area contributed by atoms with Crippen molar-refractivity contribution < 1.29 is 14.5 Å². The molecule has 0 aromatic heterocycles. The molecule has 0 spiro atoms. The number of carbonyl (C=O) groups is 1. The maximum atomic E-state index is 11.6. The fourth-order valence-corrected chi connectivity index (χ4v) is 4.03. The molecule has 1 heterocycles. The van der Waals surface area contributed by atoms with Crippen LogP contribution in [0.4, 0.5) is 11.4 Å². The molecule has 1 N–H and O–H groups in total. The summed E-state index contributed by atoms with van der Waals surface area (Å²) < 4.78 is 4.74. The predicted octanol–water partition coefficient (Wildman–Crippen LogP) is 4.21. The molecule has 26 heavy (non-hydrogen) atoms. The van der Waals surface area contributed by atoms with Gasteiger partial charge >= 0.3 is 5.97 Å². The summed E-state index contributed by atoms with van der Waals surface area (Å²) in [6.07, 6.45) is 5.19. The second kappa shape index (κ2) is 6.29. The highest BCUT2D eigenvalue weighted by molar-refractivity contribution is 5.89. The molecule has 0 fully saturated rings. The zero-order valence-corrected chi connectivity index (χ0v) is 14.2. The van der Waals surface area contributed by atoms with Gasteiger partial charge in [-0.3, -0.25) is 10.1 Å². The van der Waals surface area contributed by atoms with Gasteiger partial charge in [-0.25, -0.2) is 4.79 Å². The molecule has 0 saturated carbocycles. The maximum Gasteiger partial charge on any atom is 0.337 e. The molecule has 4 rings (SSSR count). The number of hydrogen-bond donors (Lipinski definition) is 1. The largest absolute Gasteiger partial charge is 0.465 e. The minimum absolute atomic E-state index is 0.0599. The van der Waals surface area contributed by atoms with E-state index in [4.69, 9.17) is 4.74 Å². The average molecular weight is 350 g/mol. The van der Waals surface area contributed by atoms with E-state index in [-0.39, 0.29) is 34.5 Å². The molecule has 0 saturated heterocycles. The summed E-state index contributed by atoms with van der Waals surface area (Å²) in [5.41, 5.74) is 3.14. The van der Waals surface area contributed by atoms with E-state index in [0.717, 1.165) is 17.5 Å². The number of hydrogen-bond acceptors (Lipinski definition) is 5. The van der Waals surface area contributed by atoms with Gasteiger partial charge in [0.1, 0.15) is 5.69 Å². The van der Waals surface area contributed by atoms with E-state index in [1.807, 2.05) is 18.2 Å². The molecular formula is C20H18N2O4. The summed E-state index contributed by atoms with van der Waals surface area (Å²) >= 11 is 0. The number of benzene rings is 2. The van der Waals surface area contributed by atoms with Gasteiger partial charge in [0, 0.05) is 12.0 Å². The number of rotatable bonds is 3. The Bertz CT molecular complexity index is 905. The molecule has 0 radical (unpaired) electrons. The van der Waals surface area contributed by atoms with Crippen LogP contribution in [-0.2, 0) is 4.74 Å². The van der Waals surface area contributed by atoms with Gasteiger partial charge in [-0.05, 0) is 35.6 Å². The molecule has 2 aliphatic rings. The van der Waals surface area contributed by atoms with Gasteiger partial charge in [-0.1, -0.05) is 36.4 Å². The molecule has 1 aliphatic heterocycles. The van der Waals surface area contributed by atoms with Crippen LogP contribution in [0.1, 0.15) is 39.9 Å². The van der Waals surface area contributed by atoms with E-state index < -0.39 is 0 Å². The molecule has 1 aliphatic carbocycles. The maximum absolute atomic E-state index is 11.6. The third-order valence-electron chi connectivity index (χ3n) is 5.26. The Morgan fingerprint density at radius 2 is 2.00 bits per heavy atom. The lowest BCUT2D eigenvalue weighted by Gasteiger charge is -2.37. The zero-order valence-electron chi connectivity index (χ0n) is 14.2. The molecule has 3 atom stereocenters. The highest BCUT2D eigenvalue weighted by Crippen LogP contribution is 2.51. The number of allylic oxidation sites excluding steroid dienone is 2. The Hall–Kier alpha value is -3.15. The van der Waals surface area contributed by atoms with Crippen molar-refractivity contribution in [2.24, 2.45) is 5.92 Å². The van der Waals surface area contributed by atoms with Crippen LogP contribution >= 0.6 is 0 Å². The van der Waals surface area contributed by atoms with Gasteiger partial charge < -0.3 is 10.1 Å². The first-order valence-corrected chi connectivity index (χ1v) is 8.49. The minimum atomic E-state index is -0.380. The van der Waals surface area contributed by atoms with Crippen molar-refractivity contribution in [3.63, 3.8) is 0 Å². The molecule has 2 aromatic carbocycles. The summed E-state index contributed by atoms with van der Waals surface area (Å²) in [5, 5.41) is 14.9. The molecule has 0 bridgehead atoms. The SMILES string of the molecule is COC(=O)c1ccc(C2Nc3c(cccc3[N+](=O)[O-])[C@@H]3C=CC[C@H]23)cc1. The number of nitrogens with zero attached hydrogens (tertiary/aromatic N) is 1. The standard InChI is InChI=1S/C20H18N2O4/c1-26-20(23)13-10-8-12(9-11-13)18-15-5-2-4-14(15)16-6-3-7-17(22(24)25)19(16)21-18/h2-4,6-11,14-15,18,21H,5H2,1H3/t14-,15+,18?/m1/s1. The zero-order chi connectivity index (χ0) is 18.3. The number of methoxy groups -OCH3 is 1. The lowest BCUT2D eigenvalue weighted by atomic mass is 9.76. The summed E-state index contributed by atoms with van der Waals surface area (Å²) in [6, 6.07) is 12.4. The van der Waals surface area contributed by atoms with Crippen LogP contribution in [0.15, 0.2) is 54.6 Å². The van der Waals surface area contributed by atoms with Crippen LogP contribution in [0, 0.1) is 16.0 Å². The van der Waals surface area contributed by atoms with Crippen LogP contribution in [0.25, 0.3) is 0 Å². The average Bonchev–Trinajstić information content (AvgIpc) is 3.16. The molecular weight excluding hydrogens is 332 g/mol. The Kier molecular flexibility index (Phi) is 3.95. The fourth-order valence-electron chi connectivity index (χ4n) is 4.03. The number of para-hydroxylation sites is 1. The number of ether oxygens (including phenoxy) is 1. The molecule has 132 valence electrons. The summed E-state index contributed by atoms with van der Waals surface area (Å²) in [6.45, 7) is 0. The van der Waals surface area contributed by atoms with Gasteiger partial charge in [-0.15, -0.1) is 0 Å². The van der Waals surface area contributed by atoms with Gasteiger partial charge in [0.05, 0.1) is 23.6 Å². The minimum Gasteiger partial charge on any atom is -0.465 e. The first-order valence-electron chi connectivity index (χ1n) is 8.49. The lowest BCUT2D eigenvalue weighted by Crippen LogP contribution is -2.29. The third-order valence-corrected chi connectivity index (χ3v) is 5.26. The van der Waals surface area contributed by atoms with E-state index in [9.17, 15) is 14.9 Å². The smallest absolute Gasteiger partial charge is 0.337 e. The molecule has 2 aromatic rings. The van der Waals surface area contributed by atoms with Crippen LogP contribution in [0.2, 0.25) is 0 Å². The van der Waals surface area contributed by atoms with Crippen LogP contribution in [-0.4, -0.2) is 18.0 Å². The number of anilines is 1. The highest BCUT2D eigenvalue weighted by Gasteiger charge is 2.40. The Morgan fingerprint density at radius 1 is 1.23 bits per heavy atom. The first kappa shape index (κ1) is 16.3.